The first-order chi connectivity index (χ1) is 17.2. The molecule has 2 heterocycles. The number of hydrogen-bond acceptors (Lipinski definition) is 9. The molecule has 0 fully saturated rings. The van der Waals surface area contributed by atoms with Gasteiger partial charge in [-0.1, -0.05) is 53.8 Å². The summed E-state index contributed by atoms with van der Waals surface area (Å²) in [4.78, 5) is 45.0. The van der Waals surface area contributed by atoms with Crippen molar-refractivity contribution >= 4 is 65.6 Å². The Bertz CT molecular complexity index is 1600. The zero-order chi connectivity index (χ0) is 25.7. The summed E-state index contributed by atoms with van der Waals surface area (Å²) in [6, 6.07) is 16.4. The normalized spacial score (nSPS) is 12.0. The Morgan fingerprint density at radius 3 is 2.53 bits per heavy atom. The molecule has 13 heteroatoms. The third-order valence-corrected chi connectivity index (χ3v) is 8.04. The number of amides is 2. The number of thiazole rings is 2. The van der Waals surface area contributed by atoms with Gasteiger partial charge in [-0.05, 0) is 12.1 Å². The van der Waals surface area contributed by atoms with Gasteiger partial charge in [-0.2, -0.15) is 4.99 Å². The maximum Gasteiger partial charge on any atom is 0.325 e. The number of ether oxygens (including phenoxy) is 1. The number of aromatic nitrogens is 2. The zero-order valence-electron chi connectivity index (χ0n) is 18.9. The number of esters is 1. The molecule has 2 aromatic heterocycles. The Labute approximate surface area is 213 Å². The van der Waals surface area contributed by atoms with Crippen molar-refractivity contribution in [1.29, 1.82) is 0 Å². The molecular weight excluding hydrogens is 524 g/mol. The third kappa shape index (κ3) is 6.30. The van der Waals surface area contributed by atoms with Crippen molar-refractivity contribution in [3.05, 3.63) is 64.8 Å². The number of methoxy groups -OCH3 is 1. The number of fused-ring (bicyclic) bond motifs is 1. The van der Waals surface area contributed by atoms with Crippen LogP contribution in [0.4, 0.5) is 5.13 Å². The number of carbonyl (C=O) groups excluding carboxylic acids is 3. The molecule has 0 radical (unpaired) electrons. The van der Waals surface area contributed by atoms with Gasteiger partial charge in [0.25, 0.3) is 5.91 Å². The number of para-hydroxylation sites is 1. The Hall–Kier alpha value is -3.68. The summed E-state index contributed by atoms with van der Waals surface area (Å²) in [6.45, 7) is -0.194. The lowest BCUT2D eigenvalue weighted by Crippen LogP contribution is -2.28. The molecule has 2 aromatic carbocycles. The number of carbonyl (C=O) groups is 3. The smallest absolute Gasteiger partial charge is 0.325 e. The van der Waals surface area contributed by atoms with E-state index in [0.29, 0.717) is 11.2 Å². The lowest BCUT2D eigenvalue weighted by Gasteiger charge is -2.04. The molecule has 0 aliphatic rings. The van der Waals surface area contributed by atoms with Crippen molar-refractivity contribution in [3.63, 3.8) is 0 Å². The van der Waals surface area contributed by atoms with Crippen LogP contribution in [0.5, 0.6) is 0 Å². The molecule has 10 nitrogen and oxygen atoms in total. The highest BCUT2D eigenvalue weighted by Crippen LogP contribution is 2.24. The highest BCUT2D eigenvalue weighted by Gasteiger charge is 2.22. The Morgan fingerprint density at radius 1 is 1.06 bits per heavy atom. The van der Waals surface area contributed by atoms with E-state index in [-0.39, 0.29) is 16.5 Å². The topological polar surface area (TPSA) is 137 Å². The van der Waals surface area contributed by atoms with Crippen LogP contribution in [0, 0.1) is 0 Å². The lowest BCUT2D eigenvalue weighted by atomic mass is 10.2. The molecule has 0 atom stereocenters. The molecule has 2 amide bonds. The van der Waals surface area contributed by atoms with Crippen LogP contribution >= 0.6 is 22.7 Å². The number of rotatable bonds is 8. The maximum atomic E-state index is 12.5. The van der Waals surface area contributed by atoms with Gasteiger partial charge in [0.05, 0.1) is 23.0 Å². The molecule has 4 aromatic rings. The summed E-state index contributed by atoms with van der Waals surface area (Å²) in [5.41, 5.74) is 2.16. The SMILES string of the molecule is COC(=O)Cn1c(=NC(=O)CS(=O)(=O)CC(=O)Nc2nc(-c3ccccc3)cs2)sc2ccccc21. The first kappa shape index (κ1) is 25.4. The fourth-order valence-corrected chi connectivity index (χ4v) is 6.06. The van der Waals surface area contributed by atoms with Crippen LogP contribution in [-0.2, 0) is 35.5 Å². The van der Waals surface area contributed by atoms with Crippen molar-refractivity contribution in [2.45, 2.75) is 6.54 Å². The summed E-state index contributed by atoms with van der Waals surface area (Å²) in [5, 5.41) is 4.46. The minimum absolute atomic E-state index is 0.155. The van der Waals surface area contributed by atoms with Crippen molar-refractivity contribution in [2.24, 2.45) is 4.99 Å². The van der Waals surface area contributed by atoms with Gasteiger partial charge in [0, 0.05) is 10.9 Å². The first-order valence-electron chi connectivity index (χ1n) is 10.5. The molecule has 0 spiro atoms. The monoisotopic (exact) mass is 544 g/mol. The Morgan fingerprint density at radius 2 is 1.78 bits per heavy atom. The van der Waals surface area contributed by atoms with Crippen molar-refractivity contribution < 1.29 is 27.5 Å². The van der Waals surface area contributed by atoms with Gasteiger partial charge in [-0.15, -0.1) is 11.3 Å². The first-order valence-corrected chi connectivity index (χ1v) is 14.0. The molecule has 186 valence electrons. The molecule has 0 bridgehead atoms. The van der Waals surface area contributed by atoms with Crippen molar-refractivity contribution in [1.82, 2.24) is 9.55 Å². The Balaban J connectivity index is 1.45. The predicted molar refractivity (Wildman–Crippen MR) is 137 cm³/mol. The summed E-state index contributed by atoms with van der Waals surface area (Å²) >= 11 is 2.30. The largest absolute Gasteiger partial charge is 0.468 e. The van der Waals surface area contributed by atoms with Gasteiger partial charge in [-0.25, -0.2) is 13.4 Å². The van der Waals surface area contributed by atoms with E-state index in [0.717, 1.165) is 32.9 Å². The number of nitrogens with zero attached hydrogens (tertiary/aromatic N) is 3. The molecule has 1 N–H and O–H groups in total. The second-order valence-electron chi connectivity index (χ2n) is 7.50. The average molecular weight is 545 g/mol. The maximum absolute atomic E-state index is 12.5. The molecule has 36 heavy (non-hydrogen) atoms. The predicted octanol–water partition coefficient (Wildman–Crippen LogP) is 2.48. The van der Waals surface area contributed by atoms with Gasteiger partial charge in [0.2, 0.25) is 5.91 Å². The quantitative estimate of drug-likeness (QED) is 0.337. The fraction of sp³-hybridized carbons (Fsp3) is 0.174. The number of hydrogen-bond donors (Lipinski definition) is 1. The minimum atomic E-state index is -4.11. The summed E-state index contributed by atoms with van der Waals surface area (Å²) in [5.74, 6) is -4.16. The van der Waals surface area contributed by atoms with Crippen LogP contribution in [0.2, 0.25) is 0 Å². The summed E-state index contributed by atoms with van der Waals surface area (Å²) < 4.78 is 32.0. The van der Waals surface area contributed by atoms with E-state index < -0.39 is 39.1 Å². The molecular formula is C23H20N4O6S3. The number of nitrogens with one attached hydrogen (secondary N) is 1. The molecule has 0 aliphatic heterocycles. The second-order valence-corrected chi connectivity index (χ2v) is 11.4. The van der Waals surface area contributed by atoms with Gasteiger partial charge in [0.15, 0.2) is 19.8 Å². The van der Waals surface area contributed by atoms with Crippen molar-refractivity contribution in [3.8, 4) is 11.3 Å². The van der Waals surface area contributed by atoms with E-state index in [2.05, 4.69) is 15.3 Å². The van der Waals surface area contributed by atoms with Gasteiger partial charge in [0.1, 0.15) is 18.1 Å². The van der Waals surface area contributed by atoms with Crippen LogP contribution in [0.3, 0.4) is 0 Å². The van der Waals surface area contributed by atoms with Crippen LogP contribution in [0.1, 0.15) is 0 Å². The number of sulfone groups is 1. The van der Waals surface area contributed by atoms with E-state index >= 15 is 0 Å². The van der Waals surface area contributed by atoms with Crippen LogP contribution < -0.4 is 10.1 Å². The standard InChI is InChI=1S/C23H20N4O6S3/c1-33-21(30)11-27-17-9-5-6-10-18(17)35-23(27)26-20(29)14-36(31,32)13-19(28)25-22-24-16(12-34-22)15-7-3-2-4-8-15/h2-10,12H,11,13-14H2,1H3,(H,24,25,28). The van der Waals surface area contributed by atoms with Gasteiger partial charge >= 0.3 is 5.97 Å². The van der Waals surface area contributed by atoms with E-state index in [1.807, 2.05) is 30.3 Å². The number of anilines is 1. The third-order valence-electron chi connectivity index (χ3n) is 4.84. The fourth-order valence-electron chi connectivity index (χ4n) is 3.26. The lowest BCUT2D eigenvalue weighted by molar-refractivity contribution is -0.141. The molecule has 0 saturated heterocycles. The highest BCUT2D eigenvalue weighted by molar-refractivity contribution is 7.92. The minimum Gasteiger partial charge on any atom is -0.468 e. The van der Waals surface area contributed by atoms with Crippen LogP contribution in [0.25, 0.3) is 21.5 Å². The van der Waals surface area contributed by atoms with Crippen molar-refractivity contribution in [2.75, 3.05) is 23.9 Å². The summed E-state index contributed by atoms with van der Waals surface area (Å²) in [6.07, 6.45) is 0. The molecule has 4 rings (SSSR count). The van der Waals surface area contributed by atoms with Crippen LogP contribution in [-0.4, -0.2) is 54.4 Å². The van der Waals surface area contributed by atoms with Gasteiger partial charge < -0.3 is 14.6 Å². The van der Waals surface area contributed by atoms with Gasteiger partial charge in [-0.3, -0.25) is 14.4 Å². The Kier molecular flexibility index (Phi) is 7.72. The molecule has 0 unspecified atom stereocenters. The van der Waals surface area contributed by atoms with E-state index in [4.69, 9.17) is 4.74 Å². The average Bonchev–Trinajstić information content (AvgIpc) is 3.43. The van der Waals surface area contributed by atoms with E-state index in [1.165, 1.54) is 11.7 Å². The zero-order valence-corrected chi connectivity index (χ0v) is 21.4. The van der Waals surface area contributed by atoms with E-state index in [9.17, 15) is 22.8 Å². The highest BCUT2D eigenvalue weighted by atomic mass is 32.2. The molecule has 0 aliphatic carbocycles. The molecule has 0 saturated carbocycles. The summed E-state index contributed by atoms with van der Waals surface area (Å²) in [7, 11) is -2.87. The number of benzene rings is 2. The van der Waals surface area contributed by atoms with Crippen LogP contribution in [0.15, 0.2) is 65.0 Å². The van der Waals surface area contributed by atoms with E-state index in [1.54, 1.807) is 29.6 Å². The second kappa shape index (κ2) is 10.9.